The maximum absolute atomic E-state index is 12.2. The van der Waals surface area contributed by atoms with Crippen LogP contribution < -0.4 is 5.32 Å². The quantitative estimate of drug-likeness (QED) is 0.887. The van der Waals surface area contributed by atoms with E-state index in [1.165, 1.54) is 0 Å². The summed E-state index contributed by atoms with van der Waals surface area (Å²) in [6.45, 7) is 2.36. The molecule has 0 saturated carbocycles. The number of aromatic nitrogens is 2. The van der Waals surface area contributed by atoms with Gasteiger partial charge in [-0.3, -0.25) is 4.68 Å². The summed E-state index contributed by atoms with van der Waals surface area (Å²) in [5.74, 6) is 0.162. The first kappa shape index (κ1) is 14.6. The Morgan fingerprint density at radius 1 is 1.25 bits per heavy atom. The van der Waals surface area contributed by atoms with Gasteiger partial charge in [0, 0.05) is 13.2 Å². The van der Waals surface area contributed by atoms with E-state index in [1.807, 2.05) is 32.3 Å². The molecule has 0 atom stereocenters. The fourth-order valence-electron chi connectivity index (χ4n) is 2.01. The molecule has 2 rings (SSSR count). The summed E-state index contributed by atoms with van der Waals surface area (Å²) in [6.07, 6.45) is 2.47. The second kappa shape index (κ2) is 6.09. The Bertz CT molecular complexity index is 677. The van der Waals surface area contributed by atoms with Crippen molar-refractivity contribution in [3.05, 3.63) is 42.2 Å². The van der Waals surface area contributed by atoms with Crippen LogP contribution in [0.1, 0.15) is 19.0 Å². The minimum absolute atomic E-state index is 0.162. The molecule has 5 nitrogen and oxygen atoms in total. The average molecular weight is 293 g/mol. The highest BCUT2D eigenvalue weighted by Crippen LogP contribution is 2.23. The molecule has 0 aliphatic rings. The van der Waals surface area contributed by atoms with E-state index in [0.717, 1.165) is 5.69 Å². The van der Waals surface area contributed by atoms with Crippen molar-refractivity contribution in [3.8, 4) is 0 Å². The minimum Gasteiger partial charge on any atom is -0.378 e. The van der Waals surface area contributed by atoms with Crippen LogP contribution in [0.3, 0.4) is 0 Å². The molecular formula is C14H19N3O2S. The molecule has 0 amide bonds. The first-order valence-corrected chi connectivity index (χ1v) is 8.22. The van der Waals surface area contributed by atoms with Crippen LogP contribution >= 0.6 is 0 Å². The van der Waals surface area contributed by atoms with Crippen LogP contribution in [-0.2, 0) is 23.4 Å². The van der Waals surface area contributed by atoms with E-state index in [9.17, 15) is 8.42 Å². The van der Waals surface area contributed by atoms with Gasteiger partial charge in [0.2, 0.25) is 0 Å². The van der Waals surface area contributed by atoms with Crippen molar-refractivity contribution in [2.24, 2.45) is 7.05 Å². The summed E-state index contributed by atoms with van der Waals surface area (Å²) < 4.78 is 26.1. The summed E-state index contributed by atoms with van der Waals surface area (Å²) in [7, 11) is -1.38. The number of hydrogen-bond acceptors (Lipinski definition) is 4. The third-order valence-electron chi connectivity index (χ3n) is 2.92. The number of para-hydroxylation sites is 1. The summed E-state index contributed by atoms with van der Waals surface area (Å²) in [4.78, 5) is 0.359. The molecule has 0 spiro atoms. The van der Waals surface area contributed by atoms with Crippen LogP contribution in [-0.4, -0.2) is 24.0 Å². The summed E-state index contributed by atoms with van der Waals surface area (Å²) >= 11 is 0. The van der Waals surface area contributed by atoms with E-state index in [0.29, 0.717) is 23.5 Å². The number of benzene rings is 1. The largest absolute Gasteiger partial charge is 0.378 e. The molecule has 0 fully saturated rings. The topological polar surface area (TPSA) is 64.0 Å². The number of anilines is 1. The molecule has 1 N–H and O–H groups in total. The number of nitrogens with one attached hydrogen (secondary N) is 1. The molecular weight excluding hydrogens is 274 g/mol. The number of aryl methyl sites for hydroxylation is 1. The van der Waals surface area contributed by atoms with Crippen LogP contribution in [0.25, 0.3) is 0 Å². The van der Waals surface area contributed by atoms with Crippen LogP contribution in [0, 0.1) is 0 Å². The normalized spacial score (nSPS) is 11.5. The second-order valence-electron chi connectivity index (χ2n) is 4.65. The number of hydrogen-bond donors (Lipinski definition) is 1. The highest BCUT2D eigenvalue weighted by Gasteiger charge is 2.17. The van der Waals surface area contributed by atoms with Gasteiger partial charge in [0.05, 0.1) is 28.6 Å². The molecule has 1 heterocycles. The molecule has 108 valence electrons. The van der Waals surface area contributed by atoms with Crippen molar-refractivity contribution >= 4 is 15.5 Å². The lowest BCUT2D eigenvalue weighted by Gasteiger charge is -2.11. The van der Waals surface area contributed by atoms with Crippen molar-refractivity contribution in [3.63, 3.8) is 0 Å². The predicted octanol–water partition coefficient (Wildman–Crippen LogP) is 2.22. The molecule has 0 unspecified atom stereocenters. The fraction of sp³-hybridized carbons (Fsp3) is 0.357. The van der Waals surface area contributed by atoms with E-state index >= 15 is 0 Å². The SMILES string of the molecule is CCCS(=O)(=O)c1ccccc1NCc1ccn(C)n1. The van der Waals surface area contributed by atoms with E-state index in [2.05, 4.69) is 10.4 Å². The highest BCUT2D eigenvalue weighted by molar-refractivity contribution is 7.91. The Labute approximate surface area is 119 Å². The number of rotatable bonds is 6. The molecule has 1 aromatic carbocycles. The Morgan fingerprint density at radius 2 is 2.00 bits per heavy atom. The molecule has 0 saturated heterocycles. The van der Waals surface area contributed by atoms with Crippen molar-refractivity contribution in [2.45, 2.75) is 24.8 Å². The lowest BCUT2D eigenvalue weighted by Crippen LogP contribution is -2.10. The van der Waals surface area contributed by atoms with Gasteiger partial charge in [-0.05, 0) is 24.6 Å². The lowest BCUT2D eigenvalue weighted by atomic mass is 10.3. The summed E-state index contributed by atoms with van der Waals surface area (Å²) in [6, 6.07) is 8.90. The number of nitrogens with zero attached hydrogens (tertiary/aromatic N) is 2. The Hall–Kier alpha value is -1.82. The molecule has 20 heavy (non-hydrogen) atoms. The van der Waals surface area contributed by atoms with E-state index in [4.69, 9.17) is 0 Å². The molecule has 0 bridgehead atoms. The van der Waals surface area contributed by atoms with Gasteiger partial charge in [-0.1, -0.05) is 19.1 Å². The van der Waals surface area contributed by atoms with Crippen molar-refractivity contribution in [2.75, 3.05) is 11.1 Å². The van der Waals surface area contributed by atoms with Crippen molar-refractivity contribution in [1.82, 2.24) is 9.78 Å². The first-order valence-electron chi connectivity index (χ1n) is 6.57. The molecule has 1 aromatic heterocycles. The summed E-state index contributed by atoms with van der Waals surface area (Å²) in [5.41, 5.74) is 1.50. The lowest BCUT2D eigenvalue weighted by molar-refractivity contribution is 0.595. The maximum atomic E-state index is 12.2. The van der Waals surface area contributed by atoms with Crippen LogP contribution in [0.5, 0.6) is 0 Å². The fourth-order valence-corrected chi connectivity index (χ4v) is 3.52. The zero-order valence-electron chi connectivity index (χ0n) is 11.7. The van der Waals surface area contributed by atoms with Crippen molar-refractivity contribution in [1.29, 1.82) is 0 Å². The van der Waals surface area contributed by atoms with Gasteiger partial charge in [-0.15, -0.1) is 0 Å². The smallest absolute Gasteiger partial charge is 0.180 e. The van der Waals surface area contributed by atoms with Crippen molar-refractivity contribution < 1.29 is 8.42 Å². The third-order valence-corrected chi connectivity index (χ3v) is 4.90. The molecule has 0 radical (unpaired) electrons. The van der Waals surface area contributed by atoms with Gasteiger partial charge in [-0.2, -0.15) is 5.10 Å². The van der Waals surface area contributed by atoms with E-state index < -0.39 is 9.84 Å². The van der Waals surface area contributed by atoms with Gasteiger partial charge >= 0.3 is 0 Å². The minimum atomic E-state index is -3.23. The standard InChI is InChI=1S/C14H19N3O2S/c1-3-10-20(18,19)14-7-5-4-6-13(14)15-11-12-8-9-17(2)16-12/h4-9,15H,3,10-11H2,1-2H3. The third kappa shape index (κ3) is 3.39. The van der Waals surface area contributed by atoms with E-state index in [1.54, 1.807) is 22.9 Å². The highest BCUT2D eigenvalue weighted by atomic mass is 32.2. The molecule has 2 aromatic rings. The number of sulfone groups is 1. The van der Waals surface area contributed by atoms with Crippen LogP contribution in [0.15, 0.2) is 41.4 Å². The van der Waals surface area contributed by atoms with Crippen LogP contribution in [0.4, 0.5) is 5.69 Å². The van der Waals surface area contributed by atoms with Gasteiger partial charge in [0.25, 0.3) is 0 Å². The Kier molecular flexibility index (Phi) is 4.44. The van der Waals surface area contributed by atoms with Crippen LogP contribution in [0.2, 0.25) is 0 Å². The summed E-state index contributed by atoms with van der Waals surface area (Å²) in [5, 5.41) is 7.41. The van der Waals surface area contributed by atoms with Gasteiger partial charge in [-0.25, -0.2) is 8.42 Å². The second-order valence-corrected chi connectivity index (χ2v) is 6.73. The van der Waals surface area contributed by atoms with Gasteiger partial charge in [0.15, 0.2) is 9.84 Å². The zero-order valence-corrected chi connectivity index (χ0v) is 12.5. The molecule has 0 aliphatic carbocycles. The van der Waals surface area contributed by atoms with E-state index in [-0.39, 0.29) is 5.75 Å². The molecule has 0 aliphatic heterocycles. The first-order chi connectivity index (χ1) is 9.53. The van der Waals surface area contributed by atoms with Gasteiger partial charge < -0.3 is 5.32 Å². The predicted molar refractivity (Wildman–Crippen MR) is 79.3 cm³/mol. The maximum Gasteiger partial charge on any atom is 0.180 e. The average Bonchev–Trinajstić information content (AvgIpc) is 2.82. The zero-order chi connectivity index (χ0) is 14.6. The Morgan fingerprint density at radius 3 is 2.65 bits per heavy atom. The monoisotopic (exact) mass is 293 g/mol. The Balaban J connectivity index is 2.20. The van der Waals surface area contributed by atoms with Gasteiger partial charge in [0.1, 0.15) is 0 Å². The molecule has 6 heteroatoms.